The number of rotatable bonds is 6. The van der Waals surface area contributed by atoms with Gasteiger partial charge in [0, 0.05) is 12.2 Å². The number of halogens is 1. The van der Waals surface area contributed by atoms with Gasteiger partial charge in [0.05, 0.1) is 0 Å². The Kier molecular flexibility index (Phi) is 5.87. The molecule has 0 saturated carbocycles. The number of benzene rings is 2. The van der Waals surface area contributed by atoms with Gasteiger partial charge in [-0.15, -0.1) is 10.2 Å². The fraction of sp³-hybridized carbons (Fsp3) is 0.158. The predicted molar refractivity (Wildman–Crippen MR) is 101 cm³/mol. The van der Waals surface area contributed by atoms with E-state index in [0.29, 0.717) is 12.2 Å². The number of hydrogen-bond acceptors (Lipinski definition) is 5. The summed E-state index contributed by atoms with van der Waals surface area (Å²) in [7, 11) is 0. The van der Waals surface area contributed by atoms with E-state index in [0.717, 1.165) is 23.3 Å². The van der Waals surface area contributed by atoms with Gasteiger partial charge in [-0.25, -0.2) is 4.39 Å². The van der Waals surface area contributed by atoms with Crippen molar-refractivity contribution in [3.05, 3.63) is 75.5 Å². The van der Waals surface area contributed by atoms with E-state index in [1.54, 1.807) is 0 Å². The Hall–Kier alpha value is -3.13. The fourth-order valence-corrected chi connectivity index (χ4v) is 2.93. The van der Waals surface area contributed by atoms with Crippen molar-refractivity contribution in [2.45, 2.75) is 19.9 Å². The third-order valence-corrected chi connectivity index (χ3v) is 4.72. The van der Waals surface area contributed by atoms with E-state index < -0.39 is 17.6 Å². The Bertz CT molecular complexity index is 939. The second kappa shape index (κ2) is 8.50. The third-order valence-electron chi connectivity index (χ3n) is 3.80. The van der Waals surface area contributed by atoms with Gasteiger partial charge in [0.1, 0.15) is 5.82 Å². The van der Waals surface area contributed by atoms with Crippen molar-refractivity contribution in [2.24, 2.45) is 0 Å². The van der Waals surface area contributed by atoms with E-state index in [1.165, 1.54) is 29.8 Å². The van der Waals surface area contributed by atoms with Crippen molar-refractivity contribution in [1.29, 1.82) is 0 Å². The normalized spacial score (nSPS) is 10.4. The number of carbonyl (C=O) groups is 2. The molecule has 1 heterocycles. The molecule has 138 valence electrons. The number of hydrogen-bond donors (Lipinski definition) is 2. The summed E-state index contributed by atoms with van der Waals surface area (Å²) in [6, 6.07) is 13.3. The molecule has 0 aliphatic carbocycles. The van der Waals surface area contributed by atoms with Gasteiger partial charge in [-0.3, -0.25) is 9.59 Å². The fourth-order valence-electron chi connectivity index (χ4n) is 2.28. The van der Waals surface area contributed by atoms with Crippen LogP contribution in [-0.2, 0) is 13.0 Å². The van der Waals surface area contributed by atoms with E-state index in [2.05, 4.69) is 27.8 Å². The number of carbonyl (C=O) groups excluding carboxylic acids is 2. The number of anilines is 1. The number of aromatic nitrogens is 2. The first-order chi connectivity index (χ1) is 13.0. The monoisotopic (exact) mass is 384 g/mol. The summed E-state index contributed by atoms with van der Waals surface area (Å²) in [5.74, 6) is -1.30. The van der Waals surface area contributed by atoms with Crippen molar-refractivity contribution < 1.29 is 14.0 Å². The van der Waals surface area contributed by atoms with Gasteiger partial charge < -0.3 is 10.6 Å². The zero-order valence-electron chi connectivity index (χ0n) is 14.5. The molecule has 6 nitrogen and oxygen atoms in total. The van der Waals surface area contributed by atoms with Crippen LogP contribution in [0.3, 0.4) is 0 Å². The second-order valence-electron chi connectivity index (χ2n) is 5.73. The van der Waals surface area contributed by atoms with Crippen LogP contribution >= 0.6 is 11.3 Å². The van der Waals surface area contributed by atoms with Gasteiger partial charge in [-0.05, 0) is 41.8 Å². The first kappa shape index (κ1) is 18.7. The molecule has 2 N–H and O–H groups in total. The molecular weight excluding hydrogens is 367 g/mol. The first-order valence-electron chi connectivity index (χ1n) is 8.31. The van der Waals surface area contributed by atoms with Crippen LogP contribution in [0.15, 0.2) is 48.5 Å². The predicted octanol–water partition coefficient (Wildman–Crippen LogP) is 3.42. The highest BCUT2D eigenvalue weighted by Crippen LogP contribution is 2.14. The molecule has 27 heavy (non-hydrogen) atoms. The molecule has 0 atom stereocenters. The van der Waals surface area contributed by atoms with Crippen LogP contribution < -0.4 is 10.6 Å². The average Bonchev–Trinajstić information content (AvgIpc) is 3.19. The highest BCUT2D eigenvalue weighted by molar-refractivity contribution is 7.15. The number of amides is 2. The van der Waals surface area contributed by atoms with Crippen molar-refractivity contribution in [3.8, 4) is 0 Å². The van der Waals surface area contributed by atoms with Crippen LogP contribution in [0.2, 0.25) is 0 Å². The van der Waals surface area contributed by atoms with Gasteiger partial charge in [0.15, 0.2) is 0 Å². The van der Waals surface area contributed by atoms with Gasteiger partial charge in [-0.2, -0.15) is 0 Å². The SMILES string of the molecule is CCc1ccc(CNC(=O)c2nnc(C(=O)Nc3ccc(F)cc3)s2)cc1. The van der Waals surface area contributed by atoms with Gasteiger partial charge in [0.2, 0.25) is 10.0 Å². The van der Waals surface area contributed by atoms with E-state index >= 15 is 0 Å². The first-order valence-corrected chi connectivity index (χ1v) is 9.13. The third kappa shape index (κ3) is 4.95. The lowest BCUT2D eigenvalue weighted by Crippen LogP contribution is -2.22. The summed E-state index contributed by atoms with van der Waals surface area (Å²) in [6.45, 7) is 2.44. The molecule has 3 rings (SSSR count). The summed E-state index contributed by atoms with van der Waals surface area (Å²) in [5, 5.41) is 13.0. The van der Waals surface area contributed by atoms with Crippen molar-refractivity contribution in [3.63, 3.8) is 0 Å². The molecule has 2 amide bonds. The molecule has 0 saturated heterocycles. The minimum absolute atomic E-state index is 0.0526. The minimum Gasteiger partial charge on any atom is -0.346 e. The molecule has 1 aromatic heterocycles. The lowest BCUT2D eigenvalue weighted by atomic mass is 10.1. The van der Waals surface area contributed by atoms with Gasteiger partial charge in [0.25, 0.3) is 11.8 Å². The molecule has 3 aromatic rings. The molecule has 0 aliphatic heterocycles. The van der Waals surface area contributed by atoms with E-state index in [9.17, 15) is 14.0 Å². The molecule has 0 spiro atoms. The summed E-state index contributed by atoms with van der Waals surface area (Å²) >= 11 is 0.892. The Morgan fingerprint density at radius 1 is 0.926 bits per heavy atom. The maximum Gasteiger partial charge on any atom is 0.286 e. The highest BCUT2D eigenvalue weighted by Gasteiger charge is 2.17. The largest absolute Gasteiger partial charge is 0.346 e. The highest BCUT2D eigenvalue weighted by atomic mass is 32.1. The minimum atomic E-state index is -0.506. The Morgan fingerprint density at radius 2 is 1.52 bits per heavy atom. The van der Waals surface area contributed by atoms with Crippen LogP contribution in [0.5, 0.6) is 0 Å². The molecule has 0 aliphatic rings. The smallest absolute Gasteiger partial charge is 0.286 e. The molecular formula is C19H17FN4O2S. The molecule has 0 fully saturated rings. The molecule has 0 unspecified atom stereocenters. The van der Waals surface area contributed by atoms with Crippen molar-refractivity contribution >= 4 is 28.8 Å². The molecule has 0 bridgehead atoms. The van der Waals surface area contributed by atoms with Crippen molar-refractivity contribution in [1.82, 2.24) is 15.5 Å². The van der Waals surface area contributed by atoms with Crippen LogP contribution in [0, 0.1) is 5.82 Å². The van der Waals surface area contributed by atoms with Crippen LogP contribution in [-0.4, -0.2) is 22.0 Å². The summed E-state index contributed by atoms with van der Waals surface area (Å²) in [4.78, 5) is 24.3. The summed E-state index contributed by atoms with van der Waals surface area (Å²) < 4.78 is 12.9. The van der Waals surface area contributed by atoms with Gasteiger partial charge in [-0.1, -0.05) is 42.5 Å². The molecule has 0 radical (unpaired) electrons. The summed E-state index contributed by atoms with van der Waals surface area (Å²) in [5.41, 5.74) is 2.63. The molecule has 2 aromatic carbocycles. The maximum atomic E-state index is 12.9. The topological polar surface area (TPSA) is 84.0 Å². The number of nitrogens with one attached hydrogen (secondary N) is 2. The van der Waals surface area contributed by atoms with Crippen LogP contribution in [0.25, 0.3) is 0 Å². The van der Waals surface area contributed by atoms with Crippen LogP contribution in [0.1, 0.15) is 37.7 Å². The van der Waals surface area contributed by atoms with E-state index in [4.69, 9.17) is 0 Å². The zero-order valence-corrected chi connectivity index (χ0v) is 15.3. The number of aryl methyl sites for hydroxylation is 1. The summed E-state index contributed by atoms with van der Waals surface area (Å²) in [6.07, 6.45) is 0.959. The van der Waals surface area contributed by atoms with E-state index in [-0.39, 0.29) is 10.0 Å². The van der Waals surface area contributed by atoms with Gasteiger partial charge >= 0.3 is 0 Å². The van der Waals surface area contributed by atoms with Crippen molar-refractivity contribution in [2.75, 3.05) is 5.32 Å². The van der Waals surface area contributed by atoms with E-state index in [1.807, 2.05) is 24.3 Å². The second-order valence-corrected chi connectivity index (χ2v) is 6.70. The lowest BCUT2D eigenvalue weighted by Gasteiger charge is -2.04. The number of nitrogens with zero attached hydrogens (tertiary/aromatic N) is 2. The zero-order chi connectivity index (χ0) is 19.2. The average molecular weight is 384 g/mol. The Balaban J connectivity index is 1.57. The maximum absolute atomic E-state index is 12.9. The standard InChI is InChI=1S/C19H17FN4O2S/c1-2-12-3-5-13(6-4-12)11-21-16(25)18-23-24-19(27-18)17(26)22-15-9-7-14(20)8-10-15/h3-10H,2,11H2,1H3,(H,21,25)(H,22,26). The molecule has 8 heteroatoms. The quantitative estimate of drug-likeness (QED) is 0.682. The Labute approximate surface area is 159 Å². The Morgan fingerprint density at radius 3 is 2.15 bits per heavy atom. The lowest BCUT2D eigenvalue weighted by molar-refractivity contribution is 0.0948. The van der Waals surface area contributed by atoms with Crippen LogP contribution in [0.4, 0.5) is 10.1 Å².